The molecule has 0 bridgehead atoms. The van der Waals surface area contributed by atoms with Crippen molar-refractivity contribution in [3.63, 3.8) is 0 Å². The van der Waals surface area contributed by atoms with Gasteiger partial charge in [-0.2, -0.15) is 20.7 Å². The maximum Gasteiger partial charge on any atom is 0.251 e. The molecule has 1 aromatic carbocycles. The monoisotopic (exact) mass is 483 g/mol. The molecule has 35 heavy (non-hydrogen) atoms. The molecule has 3 aromatic heterocycles. The fourth-order valence-electron chi connectivity index (χ4n) is 4.28. The minimum atomic E-state index is -1.01. The van der Waals surface area contributed by atoms with E-state index in [4.69, 9.17) is 0 Å². The minimum Gasteiger partial charge on any atom is -0.384 e. The molecule has 4 heterocycles. The Morgan fingerprint density at radius 1 is 1.11 bits per heavy atom. The lowest BCUT2D eigenvalue weighted by atomic mass is 10.1. The summed E-state index contributed by atoms with van der Waals surface area (Å²) in [5, 5.41) is 37.6. The molecule has 10 heteroatoms. The summed E-state index contributed by atoms with van der Waals surface area (Å²) < 4.78 is 3.54. The molecule has 0 spiro atoms. The van der Waals surface area contributed by atoms with Crippen LogP contribution in [0.4, 0.5) is 0 Å². The molecule has 0 radical (unpaired) electrons. The van der Waals surface area contributed by atoms with Gasteiger partial charge in [0.05, 0.1) is 35.1 Å². The molecule has 0 aliphatic carbocycles. The molecule has 5 rings (SSSR count). The highest BCUT2D eigenvalue weighted by molar-refractivity contribution is 7.99. The minimum absolute atomic E-state index is 0.0291. The van der Waals surface area contributed by atoms with Crippen LogP contribution in [0.2, 0.25) is 0 Å². The summed E-state index contributed by atoms with van der Waals surface area (Å²) in [7, 11) is 0. The summed E-state index contributed by atoms with van der Waals surface area (Å²) in [5.41, 5.74) is 3.44. The van der Waals surface area contributed by atoms with Crippen molar-refractivity contribution in [2.24, 2.45) is 0 Å². The number of benzene rings is 1. The number of rotatable bonds is 5. The number of amides is 1. The number of hydrogen-bond donors (Lipinski definition) is 1. The summed E-state index contributed by atoms with van der Waals surface area (Å²) in [6, 6.07) is 13.8. The first-order valence-corrected chi connectivity index (χ1v) is 11.9. The Bertz CT molecular complexity index is 1510. The van der Waals surface area contributed by atoms with Crippen molar-refractivity contribution in [2.45, 2.75) is 35.3 Å². The zero-order chi connectivity index (χ0) is 24.5. The third kappa shape index (κ3) is 4.26. The van der Waals surface area contributed by atoms with E-state index < -0.39 is 6.10 Å². The fourth-order valence-corrected chi connectivity index (χ4v) is 5.37. The zero-order valence-electron chi connectivity index (χ0n) is 18.9. The van der Waals surface area contributed by atoms with E-state index >= 15 is 0 Å². The molecule has 1 fully saturated rings. The lowest BCUT2D eigenvalue weighted by Crippen LogP contribution is -2.36. The molecular weight excluding hydrogens is 462 g/mol. The van der Waals surface area contributed by atoms with Crippen molar-refractivity contribution in [3.05, 3.63) is 66.2 Å². The second-order valence-corrected chi connectivity index (χ2v) is 9.46. The van der Waals surface area contributed by atoms with E-state index in [-0.39, 0.29) is 11.9 Å². The number of fused-ring (bicyclic) bond motifs is 1. The maximum atomic E-state index is 12.1. The van der Waals surface area contributed by atoms with Gasteiger partial charge in [0.1, 0.15) is 18.2 Å². The smallest absolute Gasteiger partial charge is 0.251 e. The first-order chi connectivity index (χ1) is 17.0. The highest BCUT2D eigenvalue weighted by Gasteiger charge is 2.29. The Labute approximate surface area is 205 Å². The van der Waals surface area contributed by atoms with Crippen molar-refractivity contribution in [2.75, 3.05) is 13.1 Å². The maximum absolute atomic E-state index is 12.1. The van der Waals surface area contributed by atoms with E-state index in [0.29, 0.717) is 29.7 Å². The number of nitriles is 2. The van der Waals surface area contributed by atoms with Crippen LogP contribution in [0.25, 0.3) is 16.6 Å². The Balaban J connectivity index is 1.49. The largest absolute Gasteiger partial charge is 0.384 e. The number of aliphatic hydroxyl groups excluding tert-OH is 1. The summed E-state index contributed by atoms with van der Waals surface area (Å²) in [6.45, 7) is 2.56. The highest BCUT2D eigenvalue weighted by atomic mass is 32.2. The van der Waals surface area contributed by atoms with Crippen molar-refractivity contribution < 1.29 is 9.90 Å². The molecule has 2 atom stereocenters. The van der Waals surface area contributed by atoms with E-state index in [1.54, 1.807) is 21.7 Å². The SMILES string of the molecule is C[C@@H](O)C(=O)N1CC[C@@H](n2cc(-c3cc(Sc4ccccc4C#N)c4c(C#N)cnn4c3)cn2)C1. The van der Waals surface area contributed by atoms with Gasteiger partial charge in [0, 0.05) is 46.4 Å². The molecule has 4 aromatic rings. The van der Waals surface area contributed by atoms with Gasteiger partial charge in [-0.25, -0.2) is 4.52 Å². The van der Waals surface area contributed by atoms with Crippen molar-refractivity contribution in [3.8, 4) is 23.3 Å². The highest BCUT2D eigenvalue weighted by Crippen LogP contribution is 2.37. The van der Waals surface area contributed by atoms with Crippen LogP contribution in [-0.2, 0) is 4.79 Å². The van der Waals surface area contributed by atoms with Crippen LogP contribution in [0.1, 0.15) is 30.5 Å². The van der Waals surface area contributed by atoms with Gasteiger partial charge in [-0.05, 0) is 31.5 Å². The average Bonchev–Trinajstić information content (AvgIpc) is 3.63. The van der Waals surface area contributed by atoms with Gasteiger partial charge >= 0.3 is 0 Å². The van der Waals surface area contributed by atoms with Crippen molar-refractivity contribution >= 4 is 23.2 Å². The van der Waals surface area contributed by atoms with E-state index in [2.05, 4.69) is 22.3 Å². The van der Waals surface area contributed by atoms with Gasteiger partial charge in [0.2, 0.25) is 0 Å². The fraction of sp³-hybridized carbons (Fsp3) is 0.240. The van der Waals surface area contributed by atoms with Crippen molar-refractivity contribution in [1.29, 1.82) is 10.5 Å². The van der Waals surface area contributed by atoms with E-state index in [1.165, 1.54) is 24.9 Å². The quantitative estimate of drug-likeness (QED) is 0.462. The number of pyridine rings is 1. The number of aromatic nitrogens is 4. The number of likely N-dealkylation sites (tertiary alicyclic amines) is 1. The first kappa shape index (κ1) is 22.7. The first-order valence-electron chi connectivity index (χ1n) is 11.1. The van der Waals surface area contributed by atoms with Gasteiger partial charge in [0.25, 0.3) is 5.91 Å². The molecule has 0 saturated carbocycles. The standard InChI is InChI=1S/C25H21N7O2S/c1-16(33)25(34)30-7-6-21(15-30)31-14-20(12-28-31)18-8-23(24-19(10-27)11-29-32(24)13-18)35-22-5-3-2-4-17(22)9-26/h2-5,8,11-14,16,21,33H,6-7,15H2,1H3/t16-,21-/m1/s1. The van der Waals surface area contributed by atoms with Crippen LogP contribution in [0.3, 0.4) is 0 Å². The zero-order valence-corrected chi connectivity index (χ0v) is 19.7. The molecule has 1 N–H and O–H groups in total. The Morgan fingerprint density at radius 2 is 1.91 bits per heavy atom. The summed E-state index contributed by atoms with van der Waals surface area (Å²) in [5.74, 6) is -0.267. The number of hydrogen-bond acceptors (Lipinski definition) is 7. The van der Waals surface area contributed by atoms with Gasteiger partial charge in [-0.1, -0.05) is 23.9 Å². The topological polar surface area (TPSA) is 123 Å². The third-order valence-electron chi connectivity index (χ3n) is 6.07. The average molecular weight is 484 g/mol. The molecular formula is C25H21N7O2S. The van der Waals surface area contributed by atoms with Gasteiger partial charge in [0.15, 0.2) is 0 Å². The molecule has 1 amide bonds. The van der Waals surface area contributed by atoms with Crippen LogP contribution in [-0.4, -0.2) is 54.5 Å². The molecule has 1 aliphatic heterocycles. The summed E-state index contributed by atoms with van der Waals surface area (Å²) in [4.78, 5) is 15.4. The molecule has 0 unspecified atom stereocenters. The summed E-state index contributed by atoms with van der Waals surface area (Å²) in [6.07, 6.45) is 6.85. The third-order valence-corrected chi connectivity index (χ3v) is 7.17. The Morgan fingerprint density at radius 3 is 2.69 bits per heavy atom. The van der Waals surface area contributed by atoms with E-state index in [0.717, 1.165) is 27.3 Å². The number of carbonyl (C=O) groups excluding carboxylic acids is 1. The van der Waals surface area contributed by atoms with Crippen molar-refractivity contribution in [1.82, 2.24) is 24.3 Å². The van der Waals surface area contributed by atoms with Crippen LogP contribution in [0.5, 0.6) is 0 Å². The van der Waals surface area contributed by atoms with Crippen LogP contribution >= 0.6 is 11.8 Å². The molecule has 174 valence electrons. The molecule has 9 nitrogen and oxygen atoms in total. The normalized spacial score (nSPS) is 16.2. The Hall–Kier alpha value is -4.12. The van der Waals surface area contributed by atoms with E-state index in [1.807, 2.05) is 41.3 Å². The second kappa shape index (κ2) is 9.26. The van der Waals surface area contributed by atoms with Gasteiger partial charge in [-0.15, -0.1) is 0 Å². The van der Waals surface area contributed by atoms with Gasteiger partial charge < -0.3 is 10.0 Å². The number of aliphatic hydroxyl groups is 1. The second-order valence-electron chi connectivity index (χ2n) is 8.38. The lowest BCUT2D eigenvalue weighted by molar-refractivity contribution is -0.138. The van der Waals surface area contributed by atoms with Gasteiger partial charge in [-0.3, -0.25) is 9.48 Å². The molecule has 1 saturated heterocycles. The number of carbonyl (C=O) groups is 1. The summed E-state index contributed by atoms with van der Waals surface area (Å²) >= 11 is 1.42. The lowest BCUT2D eigenvalue weighted by Gasteiger charge is -2.18. The van der Waals surface area contributed by atoms with Crippen LogP contribution in [0.15, 0.2) is 64.9 Å². The van der Waals surface area contributed by atoms with Crippen LogP contribution in [0, 0.1) is 22.7 Å². The van der Waals surface area contributed by atoms with E-state index in [9.17, 15) is 20.4 Å². The molecule has 1 aliphatic rings. The predicted octanol–water partition coefficient (Wildman–Crippen LogP) is 3.25. The number of nitrogens with zero attached hydrogens (tertiary/aromatic N) is 7. The Kier molecular flexibility index (Phi) is 6.00. The predicted molar refractivity (Wildman–Crippen MR) is 128 cm³/mol. The van der Waals surface area contributed by atoms with Crippen LogP contribution < -0.4 is 0 Å².